The second-order valence-corrected chi connectivity index (χ2v) is 10.3. The normalized spacial score (nSPS) is 16.1. The molecule has 1 aliphatic heterocycles. The van der Waals surface area contributed by atoms with Gasteiger partial charge in [-0.2, -0.15) is 4.31 Å². The Balaban J connectivity index is 1.56. The highest BCUT2D eigenvalue weighted by Gasteiger charge is 2.31. The van der Waals surface area contributed by atoms with Gasteiger partial charge >= 0.3 is 0 Å². The summed E-state index contributed by atoms with van der Waals surface area (Å²) in [5.74, 6) is 0.319. The number of nitrogens with zero attached hydrogens (tertiary/aromatic N) is 5. The maximum atomic E-state index is 13.0. The summed E-state index contributed by atoms with van der Waals surface area (Å²) < 4.78 is 28.4. The number of aryl methyl sites for hydroxylation is 1. The zero-order valence-corrected chi connectivity index (χ0v) is 19.4. The number of carbonyl (C=O) groups excluding carboxylic acids is 1. The number of piperazine rings is 1. The SMILES string of the molecule is O=CN(O)C(CCCc1ncccn1)CS(=O)(=O)N1CCN(c2ccc(Br)cc2)CC1. The Hall–Kier alpha value is -2.08. The van der Waals surface area contributed by atoms with E-state index in [4.69, 9.17) is 0 Å². The molecule has 1 aromatic heterocycles. The lowest BCUT2D eigenvalue weighted by atomic mass is 10.1. The first-order valence-corrected chi connectivity index (χ1v) is 12.5. The van der Waals surface area contributed by atoms with Crippen molar-refractivity contribution in [1.82, 2.24) is 19.3 Å². The number of rotatable bonds is 10. The Kier molecular flexibility index (Phi) is 8.35. The Morgan fingerprint density at radius 2 is 1.77 bits per heavy atom. The molecule has 1 atom stereocenters. The van der Waals surface area contributed by atoms with Gasteiger partial charge in [-0.1, -0.05) is 15.9 Å². The summed E-state index contributed by atoms with van der Waals surface area (Å²) in [5, 5.41) is 10.4. The summed E-state index contributed by atoms with van der Waals surface area (Å²) in [7, 11) is -3.64. The van der Waals surface area contributed by atoms with E-state index in [-0.39, 0.29) is 12.2 Å². The number of carbonyl (C=O) groups is 1. The number of aromatic nitrogens is 2. The molecule has 1 N–H and O–H groups in total. The molecule has 3 rings (SSSR count). The first-order chi connectivity index (χ1) is 14.9. The summed E-state index contributed by atoms with van der Waals surface area (Å²) in [5.41, 5.74) is 1.05. The third kappa shape index (κ3) is 6.70. The minimum absolute atomic E-state index is 0.255. The predicted molar refractivity (Wildman–Crippen MR) is 120 cm³/mol. The molecule has 2 heterocycles. The van der Waals surface area contributed by atoms with Gasteiger partial charge in [0, 0.05) is 55.2 Å². The summed E-state index contributed by atoms with van der Waals surface area (Å²) >= 11 is 3.41. The van der Waals surface area contributed by atoms with E-state index in [1.807, 2.05) is 24.3 Å². The van der Waals surface area contributed by atoms with Gasteiger partial charge in [-0.3, -0.25) is 10.0 Å². The molecule has 168 valence electrons. The molecule has 0 saturated carbocycles. The van der Waals surface area contributed by atoms with Crippen molar-refractivity contribution in [2.24, 2.45) is 0 Å². The Bertz CT molecular complexity index is 938. The number of hydroxylamine groups is 2. The Morgan fingerprint density at radius 1 is 1.13 bits per heavy atom. The van der Waals surface area contributed by atoms with Crippen LogP contribution in [0.15, 0.2) is 47.2 Å². The molecular formula is C20H26BrN5O4S. The van der Waals surface area contributed by atoms with Crippen LogP contribution in [0.2, 0.25) is 0 Å². The molecule has 1 amide bonds. The lowest BCUT2D eigenvalue weighted by Crippen LogP contribution is -2.51. The van der Waals surface area contributed by atoms with Crippen molar-refractivity contribution in [3.8, 4) is 0 Å². The van der Waals surface area contributed by atoms with Crippen molar-refractivity contribution < 1.29 is 18.4 Å². The van der Waals surface area contributed by atoms with Crippen molar-refractivity contribution in [2.45, 2.75) is 25.3 Å². The van der Waals surface area contributed by atoms with Crippen LogP contribution in [0, 0.1) is 0 Å². The molecule has 0 spiro atoms. The van der Waals surface area contributed by atoms with E-state index in [0.29, 0.717) is 56.3 Å². The van der Waals surface area contributed by atoms with Crippen LogP contribution < -0.4 is 4.90 Å². The van der Waals surface area contributed by atoms with Gasteiger partial charge in [0.15, 0.2) is 0 Å². The lowest BCUT2D eigenvalue weighted by molar-refractivity contribution is -0.158. The maximum absolute atomic E-state index is 13.0. The molecular weight excluding hydrogens is 486 g/mol. The molecule has 1 aromatic carbocycles. The molecule has 1 fully saturated rings. The smallest absolute Gasteiger partial charge is 0.233 e. The summed E-state index contributed by atoms with van der Waals surface area (Å²) in [6.07, 6.45) is 4.95. The second-order valence-electron chi connectivity index (χ2n) is 7.34. The summed E-state index contributed by atoms with van der Waals surface area (Å²) in [6, 6.07) is 8.80. The topological polar surface area (TPSA) is 107 Å². The molecule has 11 heteroatoms. The predicted octanol–water partition coefficient (Wildman–Crippen LogP) is 1.93. The number of amides is 1. The van der Waals surface area contributed by atoms with E-state index in [9.17, 15) is 18.4 Å². The molecule has 9 nitrogen and oxygen atoms in total. The number of hydrogen-bond acceptors (Lipinski definition) is 7. The van der Waals surface area contributed by atoms with Crippen molar-refractivity contribution in [3.63, 3.8) is 0 Å². The minimum atomic E-state index is -3.64. The molecule has 0 bridgehead atoms. The van der Waals surface area contributed by atoms with Crippen LogP contribution in [0.5, 0.6) is 0 Å². The van der Waals surface area contributed by atoms with Gasteiger partial charge in [-0.25, -0.2) is 23.4 Å². The first-order valence-electron chi connectivity index (χ1n) is 10.1. The molecule has 2 aromatic rings. The summed E-state index contributed by atoms with van der Waals surface area (Å²) in [4.78, 5) is 21.5. The van der Waals surface area contributed by atoms with Crippen molar-refractivity contribution in [3.05, 3.63) is 53.0 Å². The fraction of sp³-hybridized carbons (Fsp3) is 0.450. The largest absolute Gasteiger partial charge is 0.369 e. The van der Waals surface area contributed by atoms with Crippen LogP contribution in [0.1, 0.15) is 18.7 Å². The van der Waals surface area contributed by atoms with Gasteiger partial charge in [-0.15, -0.1) is 0 Å². The third-order valence-electron chi connectivity index (χ3n) is 5.27. The zero-order valence-electron chi connectivity index (χ0n) is 17.0. The fourth-order valence-electron chi connectivity index (χ4n) is 3.56. The van der Waals surface area contributed by atoms with Gasteiger partial charge in [0.1, 0.15) is 5.82 Å². The van der Waals surface area contributed by atoms with Gasteiger partial charge < -0.3 is 4.90 Å². The van der Waals surface area contributed by atoms with E-state index >= 15 is 0 Å². The number of sulfonamides is 1. The van der Waals surface area contributed by atoms with Crippen LogP contribution in [0.3, 0.4) is 0 Å². The van der Waals surface area contributed by atoms with E-state index in [2.05, 4.69) is 30.8 Å². The second kappa shape index (κ2) is 11.0. The van der Waals surface area contributed by atoms with Crippen LogP contribution in [0.25, 0.3) is 0 Å². The minimum Gasteiger partial charge on any atom is -0.369 e. The van der Waals surface area contributed by atoms with Crippen molar-refractivity contribution in [2.75, 3.05) is 36.8 Å². The molecule has 31 heavy (non-hydrogen) atoms. The van der Waals surface area contributed by atoms with E-state index in [0.717, 1.165) is 10.2 Å². The highest BCUT2D eigenvalue weighted by Crippen LogP contribution is 2.21. The van der Waals surface area contributed by atoms with Gasteiger partial charge in [0.25, 0.3) is 0 Å². The average Bonchev–Trinajstić information content (AvgIpc) is 2.79. The van der Waals surface area contributed by atoms with Gasteiger partial charge in [-0.05, 0) is 43.2 Å². The van der Waals surface area contributed by atoms with Gasteiger partial charge in [0.05, 0.1) is 11.8 Å². The van der Waals surface area contributed by atoms with Crippen LogP contribution in [-0.2, 0) is 21.2 Å². The molecule has 1 unspecified atom stereocenters. The van der Waals surface area contributed by atoms with Crippen LogP contribution in [0.4, 0.5) is 5.69 Å². The number of anilines is 1. The molecule has 1 aliphatic rings. The number of benzene rings is 1. The monoisotopic (exact) mass is 511 g/mol. The Morgan fingerprint density at radius 3 is 2.39 bits per heavy atom. The van der Waals surface area contributed by atoms with E-state index < -0.39 is 16.1 Å². The Labute approximate surface area is 190 Å². The third-order valence-corrected chi connectivity index (χ3v) is 7.75. The number of hydrogen-bond donors (Lipinski definition) is 1. The van der Waals surface area contributed by atoms with E-state index in [1.165, 1.54) is 4.31 Å². The fourth-order valence-corrected chi connectivity index (χ4v) is 5.56. The summed E-state index contributed by atoms with van der Waals surface area (Å²) in [6.45, 7) is 1.87. The number of halogens is 1. The van der Waals surface area contributed by atoms with Crippen LogP contribution >= 0.6 is 15.9 Å². The standard InChI is InChI=1S/C20H26BrN5O4S/c21-17-5-7-18(8-6-17)24-11-13-25(14-12-24)31(29,30)15-19(26(28)16-27)3-1-4-20-22-9-2-10-23-20/h2,5-10,16,19,28H,1,3-4,11-15H2. The maximum Gasteiger partial charge on any atom is 0.233 e. The molecule has 1 saturated heterocycles. The van der Waals surface area contributed by atoms with Gasteiger partial charge in [0.2, 0.25) is 16.4 Å². The van der Waals surface area contributed by atoms with E-state index in [1.54, 1.807) is 18.5 Å². The first kappa shape index (κ1) is 23.6. The highest BCUT2D eigenvalue weighted by atomic mass is 79.9. The quantitative estimate of drug-likeness (QED) is 0.295. The van der Waals surface area contributed by atoms with Crippen LogP contribution in [-0.4, -0.2) is 77.3 Å². The zero-order chi connectivity index (χ0) is 22.3. The van der Waals surface area contributed by atoms with Crippen molar-refractivity contribution >= 4 is 38.1 Å². The molecule has 0 radical (unpaired) electrons. The van der Waals surface area contributed by atoms with Crippen molar-refractivity contribution in [1.29, 1.82) is 0 Å². The molecule has 0 aliphatic carbocycles. The average molecular weight is 512 g/mol. The highest BCUT2D eigenvalue weighted by molar-refractivity contribution is 9.10. The lowest BCUT2D eigenvalue weighted by Gasteiger charge is -2.36.